The third-order valence-corrected chi connectivity index (χ3v) is 2.41. The van der Waals surface area contributed by atoms with Crippen molar-refractivity contribution >= 4 is 11.8 Å². The molecule has 0 amide bonds. The molecule has 0 aromatic carbocycles. The number of anilines is 1. The highest BCUT2D eigenvalue weighted by atomic mass is 16.5. The number of rotatable bonds is 4. The van der Waals surface area contributed by atoms with Crippen LogP contribution in [0.3, 0.4) is 0 Å². The largest absolute Gasteiger partial charge is 0.469 e. The van der Waals surface area contributed by atoms with E-state index in [0.717, 1.165) is 5.82 Å². The number of aromatic nitrogens is 1. The summed E-state index contributed by atoms with van der Waals surface area (Å²) in [6, 6.07) is 5.69. The van der Waals surface area contributed by atoms with E-state index in [0.29, 0.717) is 6.54 Å². The summed E-state index contributed by atoms with van der Waals surface area (Å²) in [5, 5.41) is 0. The van der Waals surface area contributed by atoms with Crippen LogP contribution in [0, 0.1) is 5.41 Å². The number of carbonyl (C=O) groups excluding carboxylic acids is 1. The molecule has 16 heavy (non-hydrogen) atoms. The van der Waals surface area contributed by atoms with Gasteiger partial charge in [0.05, 0.1) is 12.5 Å². The molecule has 88 valence electrons. The number of methoxy groups -OCH3 is 1. The third kappa shape index (κ3) is 2.95. The van der Waals surface area contributed by atoms with Gasteiger partial charge in [0.2, 0.25) is 0 Å². The lowest BCUT2D eigenvalue weighted by Crippen LogP contribution is -2.38. The molecule has 0 radical (unpaired) electrons. The molecule has 0 N–H and O–H groups in total. The van der Waals surface area contributed by atoms with Gasteiger partial charge in [0.1, 0.15) is 5.82 Å². The van der Waals surface area contributed by atoms with Crippen LogP contribution in [0.15, 0.2) is 24.4 Å². The normalized spacial score (nSPS) is 11.0. The summed E-state index contributed by atoms with van der Waals surface area (Å²) in [5.41, 5.74) is -0.541. The van der Waals surface area contributed by atoms with E-state index >= 15 is 0 Å². The Morgan fingerprint density at radius 3 is 2.69 bits per heavy atom. The molecule has 0 saturated carbocycles. The van der Waals surface area contributed by atoms with Crippen LogP contribution in [-0.4, -0.2) is 31.7 Å². The van der Waals surface area contributed by atoms with E-state index < -0.39 is 5.41 Å². The smallest absolute Gasteiger partial charge is 0.313 e. The molecule has 0 aliphatic carbocycles. The summed E-state index contributed by atoms with van der Waals surface area (Å²) >= 11 is 0. The number of pyridine rings is 1. The number of nitrogens with zero attached hydrogens (tertiary/aromatic N) is 2. The van der Waals surface area contributed by atoms with Crippen molar-refractivity contribution in [3.63, 3.8) is 0 Å². The Morgan fingerprint density at radius 1 is 1.50 bits per heavy atom. The van der Waals surface area contributed by atoms with Crippen molar-refractivity contribution in [2.75, 3.05) is 25.6 Å². The lowest BCUT2D eigenvalue weighted by molar-refractivity contribution is -0.150. The van der Waals surface area contributed by atoms with Gasteiger partial charge in [-0.1, -0.05) is 6.07 Å². The van der Waals surface area contributed by atoms with Crippen molar-refractivity contribution in [3.05, 3.63) is 24.4 Å². The Morgan fingerprint density at radius 2 is 2.19 bits per heavy atom. The van der Waals surface area contributed by atoms with E-state index in [1.807, 2.05) is 44.0 Å². The lowest BCUT2D eigenvalue weighted by Gasteiger charge is -2.28. The van der Waals surface area contributed by atoms with Crippen LogP contribution in [0.4, 0.5) is 5.82 Å². The Kier molecular flexibility index (Phi) is 3.88. The molecule has 0 aliphatic heterocycles. The molecule has 1 heterocycles. The molecule has 4 nitrogen and oxygen atoms in total. The fourth-order valence-corrected chi connectivity index (χ4v) is 1.59. The minimum Gasteiger partial charge on any atom is -0.469 e. The van der Waals surface area contributed by atoms with Crippen molar-refractivity contribution < 1.29 is 9.53 Å². The van der Waals surface area contributed by atoms with Gasteiger partial charge in [-0.15, -0.1) is 0 Å². The number of ether oxygens (including phenoxy) is 1. The van der Waals surface area contributed by atoms with Gasteiger partial charge >= 0.3 is 5.97 Å². The van der Waals surface area contributed by atoms with Crippen molar-refractivity contribution in [2.24, 2.45) is 5.41 Å². The Labute approximate surface area is 96.2 Å². The van der Waals surface area contributed by atoms with Crippen LogP contribution >= 0.6 is 0 Å². The number of esters is 1. The summed E-state index contributed by atoms with van der Waals surface area (Å²) in [5.74, 6) is 0.634. The molecule has 0 spiro atoms. The second-order valence-corrected chi connectivity index (χ2v) is 4.42. The summed E-state index contributed by atoms with van der Waals surface area (Å²) < 4.78 is 4.77. The zero-order chi connectivity index (χ0) is 12.2. The monoisotopic (exact) mass is 222 g/mol. The second-order valence-electron chi connectivity index (χ2n) is 4.42. The van der Waals surface area contributed by atoms with Crippen LogP contribution in [0.5, 0.6) is 0 Å². The first-order valence-electron chi connectivity index (χ1n) is 5.18. The van der Waals surface area contributed by atoms with E-state index in [-0.39, 0.29) is 5.97 Å². The molecule has 0 unspecified atom stereocenters. The number of hydrogen-bond acceptors (Lipinski definition) is 4. The van der Waals surface area contributed by atoms with E-state index in [9.17, 15) is 4.79 Å². The van der Waals surface area contributed by atoms with Gasteiger partial charge in [0.25, 0.3) is 0 Å². The SMILES string of the molecule is COC(=O)C(C)(C)CN(C)c1ccccn1. The average molecular weight is 222 g/mol. The van der Waals surface area contributed by atoms with Crippen LogP contribution in [0.25, 0.3) is 0 Å². The molecular weight excluding hydrogens is 204 g/mol. The standard InChI is InChI=1S/C12H18N2O2/c1-12(2,11(15)16-4)9-14(3)10-7-5-6-8-13-10/h5-8H,9H2,1-4H3. The maximum atomic E-state index is 11.5. The van der Waals surface area contributed by atoms with Gasteiger partial charge in [-0.2, -0.15) is 0 Å². The minimum absolute atomic E-state index is 0.213. The van der Waals surface area contributed by atoms with Gasteiger partial charge in [-0.25, -0.2) is 4.98 Å². The van der Waals surface area contributed by atoms with E-state index in [2.05, 4.69) is 4.98 Å². The van der Waals surface area contributed by atoms with E-state index in [1.165, 1.54) is 7.11 Å². The van der Waals surface area contributed by atoms with Crippen molar-refractivity contribution in [3.8, 4) is 0 Å². The Balaban J connectivity index is 2.71. The Bertz CT molecular complexity index is 349. The number of hydrogen-bond donors (Lipinski definition) is 0. The van der Waals surface area contributed by atoms with Crippen molar-refractivity contribution in [2.45, 2.75) is 13.8 Å². The predicted molar refractivity (Wildman–Crippen MR) is 63.3 cm³/mol. The molecule has 0 saturated heterocycles. The molecule has 1 aromatic rings. The molecule has 0 fully saturated rings. The minimum atomic E-state index is -0.541. The molecule has 1 rings (SSSR count). The average Bonchev–Trinajstić information content (AvgIpc) is 2.28. The second kappa shape index (κ2) is 4.96. The number of carbonyl (C=O) groups is 1. The summed E-state index contributed by atoms with van der Waals surface area (Å²) in [7, 11) is 3.32. The summed E-state index contributed by atoms with van der Waals surface area (Å²) in [6.45, 7) is 4.28. The fraction of sp³-hybridized carbons (Fsp3) is 0.500. The highest BCUT2D eigenvalue weighted by molar-refractivity contribution is 5.76. The van der Waals surface area contributed by atoms with Gasteiger partial charge in [0, 0.05) is 19.8 Å². The highest BCUT2D eigenvalue weighted by Gasteiger charge is 2.30. The van der Waals surface area contributed by atoms with Crippen LogP contribution < -0.4 is 4.90 Å². The van der Waals surface area contributed by atoms with Gasteiger partial charge in [-0.3, -0.25) is 4.79 Å². The molecule has 0 atom stereocenters. The first-order chi connectivity index (χ1) is 7.47. The van der Waals surface area contributed by atoms with Crippen LogP contribution in [0.2, 0.25) is 0 Å². The van der Waals surface area contributed by atoms with Gasteiger partial charge in [0.15, 0.2) is 0 Å². The fourth-order valence-electron chi connectivity index (χ4n) is 1.59. The molecule has 1 aromatic heterocycles. The van der Waals surface area contributed by atoms with Crippen LogP contribution in [0.1, 0.15) is 13.8 Å². The maximum Gasteiger partial charge on any atom is 0.313 e. The predicted octanol–water partition coefficient (Wildman–Crippen LogP) is 1.72. The third-order valence-electron chi connectivity index (χ3n) is 2.41. The zero-order valence-corrected chi connectivity index (χ0v) is 10.2. The summed E-state index contributed by atoms with van der Waals surface area (Å²) in [6.07, 6.45) is 1.73. The summed E-state index contributed by atoms with van der Waals surface area (Å²) in [4.78, 5) is 17.7. The zero-order valence-electron chi connectivity index (χ0n) is 10.2. The molecule has 0 aliphatic rings. The topological polar surface area (TPSA) is 42.4 Å². The molecular formula is C12H18N2O2. The first-order valence-corrected chi connectivity index (χ1v) is 5.18. The highest BCUT2D eigenvalue weighted by Crippen LogP contribution is 2.20. The van der Waals surface area contributed by atoms with E-state index in [4.69, 9.17) is 4.74 Å². The Hall–Kier alpha value is -1.58. The molecule has 4 heteroatoms. The van der Waals surface area contributed by atoms with E-state index in [1.54, 1.807) is 6.20 Å². The van der Waals surface area contributed by atoms with Crippen LogP contribution in [-0.2, 0) is 9.53 Å². The quantitative estimate of drug-likeness (QED) is 0.727. The van der Waals surface area contributed by atoms with Gasteiger partial charge < -0.3 is 9.64 Å². The first kappa shape index (κ1) is 12.5. The molecule has 0 bridgehead atoms. The lowest BCUT2D eigenvalue weighted by atomic mass is 9.93. The van der Waals surface area contributed by atoms with Crippen molar-refractivity contribution in [1.82, 2.24) is 4.98 Å². The van der Waals surface area contributed by atoms with Gasteiger partial charge in [-0.05, 0) is 26.0 Å². The maximum absolute atomic E-state index is 11.5. The van der Waals surface area contributed by atoms with Crippen molar-refractivity contribution in [1.29, 1.82) is 0 Å².